The van der Waals surface area contributed by atoms with Gasteiger partial charge >= 0.3 is 12.4 Å². The first-order valence-corrected chi connectivity index (χ1v) is 50.0. The molecule has 0 amide bonds. The van der Waals surface area contributed by atoms with E-state index < -0.39 is 126 Å². The van der Waals surface area contributed by atoms with Crippen molar-refractivity contribution in [3.8, 4) is 0 Å². The normalized spacial score (nSPS) is 21.4. The van der Waals surface area contributed by atoms with Gasteiger partial charge in [-0.1, -0.05) is 67.1 Å². The summed E-state index contributed by atoms with van der Waals surface area (Å²) in [4.78, 5) is 35.4. The van der Waals surface area contributed by atoms with Crippen molar-refractivity contribution in [2.24, 2.45) is 0 Å². The van der Waals surface area contributed by atoms with Crippen LogP contribution in [0.3, 0.4) is 0 Å². The summed E-state index contributed by atoms with van der Waals surface area (Å²) >= 11 is 0. The summed E-state index contributed by atoms with van der Waals surface area (Å²) < 4.78 is 277. The molecule has 47 heteroatoms. The van der Waals surface area contributed by atoms with Crippen molar-refractivity contribution >= 4 is 117 Å². The van der Waals surface area contributed by atoms with Crippen molar-refractivity contribution in [2.45, 2.75) is 164 Å². The van der Waals surface area contributed by atoms with Gasteiger partial charge in [-0.15, -0.1) is 0 Å². The molecule has 0 aromatic heterocycles. The number of aliphatic hydroxyl groups excluding tert-OH is 2. The highest BCUT2D eigenvalue weighted by atomic mass is 35.7. The van der Waals surface area contributed by atoms with E-state index in [2.05, 4.69) is 20.9 Å². The second-order valence-electron chi connectivity index (χ2n) is 28.1. The number of likely N-dealkylation sites (tertiary alicyclic amines) is 1. The molecule has 0 bridgehead atoms. The molecule has 6 aliphatic heterocycles. The molecule has 2 unspecified atom stereocenters. The van der Waals surface area contributed by atoms with Gasteiger partial charge in [0.25, 0.3) is 29.3 Å². The van der Waals surface area contributed by atoms with E-state index in [4.69, 9.17) is 24.2 Å². The SMILES string of the molecule is CC(=O)c1ccc(S(=O)(=O)Cl)cc1.CC(=O)c1ccc(S(=O)(=O)N2CC[C@H](O)C2)cc1.CC(=O)c1ccc(S(=O)(=O)N2CC[C@H](OS(C)(=O)=O)C2)cc1.CC(O)(c1ccc(S(=O)(=O)N2CC[C@@H](N3CCCCC3)C2)cc1)C(F)(F)F.CC(O)(c1ccc(S(=O)(=O)N2CC[C@H](OS(C)(=O)=O)C2)cc1)C(F)(F)F.CS(=O)(=O)Cl.O[C@H]1CCNC1. The van der Waals surface area contributed by atoms with Gasteiger partial charge in [0.15, 0.2) is 28.6 Å². The fourth-order valence-electron chi connectivity index (χ4n) is 12.0. The summed E-state index contributed by atoms with van der Waals surface area (Å²) in [6, 6.07) is 25.2. The Hall–Kier alpha value is -5.61. The highest BCUT2D eigenvalue weighted by molar-refractivity contribution is 8.14. The topological polar surface area (TPSA) is 452 Å². The summed E-state index contributed by atoms with van der Waals surface area (Å²) in [5, 5.41) is 40.4. The molecule has 117 heavy (non-hydrogen) atoms. The van der Waals surface area contributed by atoms with Crippen molar-refractivity contribution in [3.63, 3.8) is 0 Å². The Labute approximate surface area is 687 Å². The van der Waals surface area contributed by atoms with Crippen LogP contribution in [-0.2, 0) is 98.0 Å². The van der Waals surface area contributed by atoms with E-state index in [0.717, 1.165) is 123 Å². The quantitative estimate of drug-likeness (QED) is 0.0254. The van der Waals surface area contributed by atoms with Crippen LogP contribution >= 0.6 is 21.4 Å². The summed E-state index contributed by atoms with van der Waals surface area (Å²) in [6.45, 7) is 10.5. The third kappa shape index (κ3) is 30.7. The van der Waals surface area contributed by atoms with Crippen LogP contribution in [0.15, 0.2) is 146 Å². The maximum absolute atomic E-state index is 12.9. The molecule has 6 aliphatic rings. The number of sulfonamides is 4. The number of Topliss-reactive ketones (excluding diaryl/α,β-unsaturated/α-hetero) is 3. The second-order valence-corrected chi connectivity index (χ2v) is 44.6. The smallest absolute Gasteiger partial charge is 0.392 e. The Morgan fingerprint density at radius 3 is 0.957 bits per heavy atom. The van der Waals surface area contributed by atoms with E-state index in [9.17, 15) is 123 Å². The first-order chi connectivity index (χ1) is 53.5. The number of piperidine rings is 1. The van der Waals surface area contributed by atoms with Gasteiger partial charge in [0.2, 0.25) is 49.1 Å². The Morgan fingerprint density at radius 2 is 0.701 bits per heavy atom. The zero-order valence-corrected chi connectivity index (χ0v) is 72.5. The maximum atomic E-state index is 12.9. The maximum Gasteiger partial charge on any atom is 0.421 e. The van der Waals surface area contributed by atoms with Crippen molar-refractivity contribution in [1.29, 1.82) is 0 Å². The van der Waals surface area contributed by atoms with Gasteiger partial charge in [-0.25, -0.2) is 50.5 Å². The molecule has 0 saturated carbocycles. The number of halogens is 8. The van der Waals surface area contributed by atoms with E-state index in [1.165, 1.54) is 113 Å². The number of benzene rings is 5. The average molecular weight is 1860 g/mol. The molecule has 0 radical (unpaired) electrons. The summed E-state index contributed by atoms with van der Waals surface area (Å²) in [7, 11) is -19.7. The molecule has 5 aromatic rings. The molecular weight excluding hydrogens is 1770 g/mol. The van der Waals surface area contributed by atoms with Crippen LogP contribution in [0.4, 0.5) is 26.3 Å². The molecule has 7 atom stereocenters. The second kappa shape index (κ2) is 41.5. The monoisotopic (exact) mass is 1860 g/mol. The molecule has 0 aliphatic carbocycles. The van der Waals surface area contributed by atoms with Crippen molar-refractivity contribution in [2.75, 3.05) is 97.3 Å². The van der Waals surface area contributed by atoms with Crippen LogP contribution in [-0.4, -0.2) is 267 Å². The molecule has 6 heterocycles. The van der Waals surface area contributed by atoms with Gasteiger partial charge in [-0.2, -0.15) is 60.4 Å². The zero-order valence-electron chi connectivity index (χ0n) is 64.5. The Bertz CT molecular complexity index is 5170. The minimum atomic E-state index is -4.92. The number of hydrogen-bond donors (Lipinski definition) is 5. The van der Waals surface area contributed by atoms with Gasteiger partial charge < -0.3 is 25.7 Å². The number of nitrogens with one attached hydrogen (secondary N) is 1. The van der Waals surface area contributed by atoms with Crippen molar-refractivity contribution in [3.05, 3.63) is 149 Å². The molecule has 6 fully saturated rings. The summed E-state index contributed by atoms with van der Waals surface area (Å²) in [5.41, 5.74) is -5.65. The van der Waals surface area contributed by atoms with E-state index >= 15 is 0 Å². The van der Waals surface area contributed by atoms with Crippen LogP contribution in [0.25, 0.3) is 0 Å². The number of rotatable bonds is 19. The minimum absolute atomic E-state index is 0.000772. The highest BCUT2D eigenvalue weighted by Gasteiger charge is 2.52. The molecule has 658 valence electrons. The number of carbonyl (C=O) groups excluding carboxylic acids is 3. The highest BCUT2D eigenvalue weighted by Crippen LogP contribution is 2.41. The number of alkyl halides is 6. The molecule has 11 rings (SSSR count). The van der Waals surface area contributed by atoms with Gasteiger partial charge in [0.05, 0.1) is 67.7 Å². The Balaban J connectivity index is 0.000000256. The third-order valence-corrected chi connectivity index (χ3v) is 28.7. The average Bonchev–Trinajstić information content (AvgIpc) is 1.75. The van der Waals surface area contributed by atoms with E-state index in [1.54, 1.807) is 0 Å². The Kier molecular flexibility index (Phi) is 36.2. The van der Waals surface area contributed by atoms with Gasteiger partial charge in [0, 0.05) is 103 Å². The van der Waals surface area contributed by atoms with E-state index in [1.807, 2.05) is 0 Å². The number of carbonyl (C=O) groups is 3. The summed E-state index contributed by atoms with van der Waals surface area (Å²) in [5.74, 6) is -0.360. The predicted molar refractivity (Wildman–Crippen MR) is 419 cm³/mol. The fourth-order valence-corrected chi connectivity index (χ4v) is 20.0. The van der Waals surface area contributed by atoms with Crippen LogP contribution in [0.2, 0.25) is 0 Å². The van der Waals surface area contributed by atoms with Gasteiger partial charge in [-0.3, -0.25) is 27.6 Å². The van der Waals surface area contributed by atoms with Crippen LogP contribution in [0.5, 0.6) is 0 Å². The van der Waals surface area contributed by atoms with Crippen LogP contribution in [0.1, 0.15) is 128 Å². The first-order valence-electron chi connectivity index (χ1n) is 35.5. The largest absolute Gasteiger partial charge is 0.421 e. The van der Waals surface area contributed by atoms with Crippen LogP contribution in [0, 0.1) is 0 Å². The molecule has 5 aromatic carbocycles. The number of ketones is 3. The van der Waals surface area contributed by atoms with Gasteiger partial charge in [0.1, 0.15) is 0 Å². The molecule has 0 spiro atoms. The standard InChI is InChI=1S/C18H25F3N2O3S.C14H18F3NO6S2.C13H17NO6S2.C12H15NO4S.C8H7ClO3S.C4H9NO.CH3ClO2S/c1-17(24,18(19,20)21)14-5-7-16(8-6-14)27(25,26)23-12-9-15(13-23)22-10-3-2-4-11-22;1-13(19,14(15,16)17)10-3-5-12(6-4-10)26(22,23)18-8-7-11(9-18)24-25(2,20)21;1-10(15)11-3-5-13(6-4-11)22(18,19)14-8-7-12(9-14)20-21(2,16)17;1-9(14)10-2-4-12(5-3-10)18(16,17)13-7-6-11(15)8-13;1-6(10)7-2-4-8(5-3-7)13(9,11)12;6-4-1-2-5-3-4;1-5(2,3)4/h5-8,15,24H,2-4,9-13H2,1H3;3-6,11,19H,7-9H2,1-2H3;3-6,12H,7-9H2,1-2H3;2-5,11,15H,6-8H2,1H3;2-5H,1H3;4-6H,1-3H2;1H3/t15-,17?;11-,13?;12-;11-;;4-;/m1000.0./s1. The van der Waals surface area contributed by atoms with Crippen molar-refractivity contribution in [1.82, 2.24) is 27.4 Å². The lowest BCUT2D eigenvalue weighted by molar-refractivity contribution is -0.259. The first kappa shape index (κ1) is 102. The van der Waals surface area contributed by atoms with Crippen LogP contribution < -0.4 is 5.32 Å². The molecule has 31 nitrogen and oxygen atoms in total. The third-order valence-electron chi connectivity index (χ3n) is 18.6. The molecule has 5 N–H and O–H groups in total. The number of hydrogen-bond acceptors (Lipinski definition) is 27. The molecular formula is C70H94Cl2F6N6O25S8. The van der Waals surface area contributed by atoms with E-state index in [0.29, 0.717) is 63.0 Å². The number of β-amino-alcohol motifs (C(OH)–C–C–N with tert-alkyl or cyclic N) is 2. The lowest BCUT2D eigenvalue weighted by Gasteiger charge is -2.32. The van der Waals surface area contributed by atoms with E-state index in [-0.39, 0.29) is 98.7 Å². The minimum Gasteiger partial charge on any atom is -0.392 e. The predicted octanol–water partition coefficient (Wildman–Crippen LogP) is 6.52. The Morgan fingerprint density at radius 1 is 0.410 bits per heavy atom. The number of aliphatic hydroxyl groups is 4. The van der Waals surface area contributed by atoms with Gasteiger partial charge in [-0.05, 0) is 171 Å². The van der Waals surface area contributed by atoms with Crippen molar-refractivity contribution < 1.29 is 137 Å². The fraction of sp³-hybridized carbons (Fsp3) is 0.529. The lowest BCUT2D eigenvalue weighted by atomic mass is 9.96. The zero-order chi connectivity index (χ0) is 88.7. The summed E-state index contributed by atoms with van der Waals surface area (Å²) in [6.07, 6.45) is -3.06. The molecule has 6 saturated heterocycles. The number of nitrogens with zero attached hydrogens (tertiary/aromatic N) is 5. The lowest BCUT2D eigenvalue weighted by Crippen LogP contribution is -2.41.